The average molecular weight is 236 g/mol. The van der Waals surface area contributed by atoms with Crippen molar-refractivity contribution in [2.24, 2.45) is 0 Å². The van der Waals surface area contributed by atoms with Crippen molar-refractivity contribution in [1.82, 2.24) is 9.97 Å². The van der Waals surface area contributed by atoms with Crippen molar-refractivity contribution in [2.75, 3.05) is 5.73 Å². The van der Waals surface area contributed by atoms with E-state index in [1.807, 2.05) is 30.3 Å². The molecule has 0 aliphatic carbocycles. The fourth-order valence-corrected chi connectivity index (χ4v) is 1.76. The number of aromatic nitrogens is 2. The number of nitriles is 1. The molecule has 2 heterocycles. The van der Waals surface area contributed by atoms with Crippen molar-refractivity contribution in [2.45, 2.75) is 0 Å². The summed E-state index contributed by atoms with van der Waals surface area (Å²) in [6, 6.07) is 9.52. The molecule has 0 bridgehead atoms. The Bertz CT molecular complexity index is 770. The molecule has 0 aliphatic heterocycles. The Morgan fingerprint density at radius 3 is 2.89 bits per heavy atom. The van der Waals surface area contributed by atoms with Gasteiger partial charge >= 0.3 is 0 Å². The Morgan fingerprint density at radius 2 is 2.11 bits per heavy atom. The summed E-state index contributed by atoms with van der Waals surface area (Å²) in [5, 5.41) is 9.70. The molecule has 0 unspecified atom stereocenters. The van der Waals surface area contributed by atoms with Gasteiger partial charge in [-0.25, -0.2) is 9.97 Å². The number of fused-ring (bicyclic) bond motifs is 1. The third-order valence-corrected chi connectivity index (χ3v) is 2.66. The number of nitrogens with zero attached hydrogens (tertiary/aromatic N) is 3. The molecular weight excluding hydrogens is 228 g/mol. The zero-order valence-corrected chi connectivity index (χ0v) is 9.29. The molecular formula is C13H8N4O. The van der Waals surface area contributed by atoms with E-state index >= 15 is 0 Å². The summed E-state index contributed by atoms with van der Waals surface area (Å²) in [5.41, 5.74) is 7.48. The molecule has 2 aromatic heterocycles. The van der Waals surface area contributed by atoms with Crippen LogP contribution < -0.4 is 5.73 Å². The summed E-state index contributed by atoms with van der Waals surface area (Å²) in [6.45, 7) is 0. The molecule has 2 N–H and O–H groups in total. The minimum atomic E-state index is 0.174. The van der Waals surface area contributed by atoms with E-state index in [1.54, 1.807) is 6.26 Å². The van der Waals surface area contributed by atoms with E-state index in [9.17, 15) is 0 Å². The van der Waals surface area contributed by atoms with Gasteiger partial charge in [-0.1, -0.05) is 18.2 Å². The van der Waals surface area contributed by atoms with E-state index in [0.717, 1.165) is 16.5 Å². The van der Waals surface area contributed by atoms with Gasteiger partial charge in [-0.3, -0.25) is 0 Å². The lowest BCUT2D eigenvalue weighted by atomic mass is 10.1. The lowest BCUT2D eigenvalue weighted by Gasteiger charge is -1.99. The Morgan fingerprint density at radius 1 is 1.28 bits per heavy atom. The number of hydrogen-bond donors (Lipinski definition) is 1. The summed E-state index contributed by atoms with van der Waals surface area (Å²) in [5.74, 6) is 0.629. The van der Waals surface area contributed by atoms with Gasteiger partial charge in [-0.2, -0.15) is 5.26 Å². The Balaban J connectivity index is 2.21. The highest BCUT2D eigenvalue weighted by Crippen LogP contribution is 2.28. The van der Waals surface area contributed by atoms with E-state index in [-0.39, 0.29) is 11.4 Å². The Kier molecular flexibility index (Phi) is 2.21. The SMILES string of the molecule is N#Cc1cnc(-c2coc3ccccc23)nc1N. The predicted octanol–water partition coefficient (Wildman–Crippen LogP) is 2.34. The molecule has 0 aliphatic rings. The highest BCUT2D eigenvalue weighted by atomic mass is 16.3. The van der Waals surface area contributed by atoms with E-state index in [4.69, 9.17) is 15.4 Å². The van der Waals surface area contributed by atoms with Crippen LogP contribution in [-0.2, 0) is 0 Å². The monoisotopic (exact) mass is 236 g/mol. The van der Waals surface area contributed by atoms with Crippen LogP contribution in [0.4, 0.5) is 5.82 Å². The second kappa shape index (κ2) is 3.86. The number of benzene rings is 1. The quantitative estimate of drug-likeness (QED) is 0.700. The molecule has 86 valence electrons. The molecule has 18 heavy (non-hydrogen) atoms. The normalized spacial score (nSPS) is 10.4. The summed E-state index contributed by atoms with van der Waals surface area (Å²) in [7, 11) is 0. The zero-order chi connectivity index (χ0) is 12.5. The molecule has 0 radical (unpaired) electrons. The van der Waals surface area contributed by atoms with Crippen molar-refractivity contribution in [3.8, 4) is 17.5 Å². The molecule has 0 spiro atoms. The topological polar surface area (TPSA) is 88.7 Å². The molecule has 0 saturated carbocycles. The highest BCUT2D eigenvalue weighted by Gasteiger charge is 2.11. The lowest BCUT2D eigenvalue weighted by Crippen LogP contribution is -1.98. The maximum absolute atomic E-state index is 8.78. The van der Waals surface area contributed by atoms with Crippen LogP contribution in [0.3, 0.4) is 0 Å². The number of nitrogens with two attached hydrogens (primary N) is 1. The van der Waals surface area contributed by atoms with Crippen LogP contribution in [0.25, 0.3) is 22.4 Å². The summed E-state index contributed by atoms with van der Waals surface area (Å²) in [6.07, 6.45) is 3.00. The largest absolute Gasteiger partial charge is 0.464 e. The van der Waals surface area contributed by atoms with E-state index < -0.39 is 0 Å². The molecule has 3 aromatic rings. The second-order valence-corrected chi connectivity index (χ2v) is 3.75. The standard InChI is InChI=1S/C13H8N4O/c14-5-8-6-16-13(17-12(8)15)10-7-18-11-4-2-1-3-9(10)11/h1-4,6-7H,(H2,15,16,17). The molecule has 5 nitrogen and oxygen atoms in total. The van der Waals surface area contributed by atoms with Crippen LogP contribution in [-0.4, -0.2) is 9.97 Å². The van der Waals surface area contributed by atoms with E-state index in [1.165, 1.54) is 6.20 Å². The van der Waals surface area contributed by atoms with Crippen LogP contribution in [0, 0.1) is 11.3 Å². The average Bonchev–Trinajstić information content (AvgIpc) is 2.82. The van der Waals surface area contributed by atoms with Crippen molar-refractivity contribution < 1.29 is 4.42 Å². The van der Waals surface area contributed by atoms with Crippen LogP contribution in [0.2, 0.25) is 0 Å². The van der Waals surface area contributed by atoms with Crippen molar-refractivity contribution in [3.05, 3.63) is 42.3 Å². The van der Waals surface area contributed by atoms with Gasteiger partial charge in [0.25, 0.3) is 0 Å². The van der Waals surface area contributed by atoms with Gasteiger partial charge in [0.1, 0.15) is 29.3 Å². The number of furan rings is 1. The van der Waals surface area contributed by atoms with Crippen LogP contribution in [0.15, 0.2) is 41.1 Å². The maximum Gasteiger partial charge on any atom is 0.165 e. The first-order chi connectivity index (χ1) is 8.79. The maximum atomic E-state index is 8.78. The highest BCUT2D eigenvalue weighted by molar-refractivity contribution is 5.92. The van der Waals surface area contributed by atoms with Crippen LogP contribution in [0.5, 0.6) is 0 Å². The third kappa shape index (κ3) is 1.48. The van der Waals surface area contributed by atoms with Crippen molar-refractivity contribution >= 4 is 16.8 Å². The van der Waals surface area contributed by atoms with Gasteiger partial charge in [0.15, 0.2) is 5.82 Å². The summed E-state index contributed by atoms with van der Waals surface area (Å²) >= 11 is 0. The smallest absolute Gasteiger partial charge is 0.165 e. The number of rotatable bonds is 1. The molecule has 3 rings (SSSR count). The lowest BCUT2D eigenvalue weighted by molar-refractivity contribution is 0.616. The summed E-state index contributed by atoms with van der Waals surface area (Å²) in [4.78, 5) is 8.25. The molecule has 5 heteroatoms. The minimum absolute atomic E-state index is 0.174. The Labute approximate surface area is 103 Å². The van der Waals surface area contributed by atoms with Gasteiger partial charge < -0.3 is 10.2 Å². The summed E-state index contributed by atoms with van der Waals surface area (Å²) < 4.78 is 5.41. The fourth-order valence-electron chi connectivity index (χ4n) is 1.76. The molecule has 0 saturated heterocycles. The van der Waals surface area contributed by atoms with Gasteiger partial charge in [-0.05, 0) is 6.07 Å². The van der Waals surface area contributed by atoms with Gasteiger partial charge in [0, 0.05) is 5.39 Å². The van der Waals surface area contributed by atoms with Gasteiger partial charge in [0.05, 0.1) is 11.8 Å². The molecule has 0 fully saturated rings. The third-order valence-electron chi connectivity index (χ3n) is 2.66. The van der Waals surface area contributed by atoms with Crippen LogP contribution >= 0.6 is 0 Å². The first kappa shape index (κ1) is 10.3. The first-order valence-electron chi connectivity index (χ1n) is 5.29. The van der Waals surface area contributed by atoms with E-state index in [2.05, 4.69) is 9.97 Å². The predicted molar refractivity (Wildman–Crippen MR) is 66.4 cm³/mol. The minimum Gasteiger partial charge on any atom is -0.464 e. The van der Waals surface area contributed by atoms with Crippen molar-refractivity contribution in [3.63, 3.8) is 0 Å². The van der Waals surface area contributed by atoms with Crippen LogP contribution in [0.1, 0.15) is 5.56 Å². The molecule has 0 atom stereocenters. The Hall–Kier alpha value is -2.87. The fraction of sp³-hybridized carbons (Fsp3) is 0. The number of anilines is 1. The zero-order valence-electron chi connectivity index (χ0n) is 9.29. The van der Waals surface area contributed by atoms with E-state index in [0.29, 0.717) is 5.82 Å². The number of para-hydroxylation sites is 1. The number of hydrogen-bond acceptors (Lipinski definition) is 5. The van der Waals surface area contributed by atoms with Crippen molar-refractivity contribution in [1.29, 1.82) is 5.26 Å². The van der Waals surface area contributed by atoms with Gasteiger partial charge in [0.2, 0.25) is 0 Å². The molecule has 0 amide bonds. The molecule has 1 aromatic carbocycles. The van der Waals surface area contributed by atoms with Gasteiger partial charge in [-0.15, -0.1) is 0 Å². The second-order valence-electron chi connectivity index (χ2n) is 3.75. The number of nitrogen functional groups attached to an aromatic ring is 1. The first-order valence-corrected chi connectivity index (χ1v) is 5.29.